The van der Waals surface area contributed by atoms with Crippen molar-refractivity contribution in [3.63, 3.8) is 0 Å². The zero-order chi connectivity index (χ0) is 14.8. The van der Waals surface area contributed by atoms with Gasteiger partial charge in [0.25, 0.3) is 0 Å². The standard InChI is InChI=1S/C16H17FN2OS/c1-11-8-13(17)2-3-14(11)18-9-16(20)19-6-4-15-12(10-19)5-7-21-15/h2-3,5,7-8,18H,4,6,9-10H2,1H3. The number of nitrogens with one attached hydrogen (secondary N) is 1. The van der Waals surface area contributed by atoms with Gasteiger partial charge in [0.1, 0.15) is 5.82 Å². The Hall–Kier alpha value is -1.88. The number of benzene rings is 1. The highest BCUT2D eigenvalue weighted by atomic mass is 32.1. The van der Waals surface area contributed by atoms with Crippen molar-refractivity contribution in [2.24, 2.45) is 0 Å². The number of halogens is 1. The molecule has 1 N–H and O–H groups in total. The Balaban J connectivity index is 1.60. The topological polar surface area (TPSA) is 32.3 Å². The van der Waals surface area contributed by atoms with E-state index in [0.717, 1.165) is 24.2 Å². The van der Waals surface area contributed by atoms with Gasteiger partial charge < -0.3 is 10.2 Å². The molecule has 0 aliphatic carbocycles. The number of rotatable bonds is 3. The van der Waals surface area contributed by atoms with Crippen LogP contribution in [0.4, 0.5) is 10.1 Å². The van der Waals surface area contributed by atoms with Gasteiger partial charge in [-0.3, -0.25) is 4.79 Å². The van der Waals surface area contributed by atoms with Crippen LogP contribution in [0.3, 0.4) is 0 Å². The zero-order valence-corrected chi connectivity index (χ0v) is 12.7. The summed E-state index contributed by atoms with van der Waals surface area (Å²) in [5.41, 5.74) is 2.87. The molecule has 0 spiro atoms. The summed E-state index contributed by atoms with van der Waals surface area (Å²) in [6, 6.07) is 6.63. The van der Waals surface area contributed by atoms with E-state index in [1.165, 1.54) is 22.6 Å². The van der Waals surface area contributed by atoms with Gasteiger partial charge in [-0.05, 0) is 54.1 Å². The summed E-state index contributed by atoms with van der Waals surface area (Å²) < 4.78 is 13.0. The van der Waals surface area contributed by atoms with Crippen LogP contribution in [-0.2, 0) is 17.8 Å². The lowest BCUT2D eigenvalue weighted by Gasteiger charge is -2.27. The molecule has 21 heavy (non-hydrogen) atoms. The van der Waals surface area contributed by atoms with Crippen LogP contribution < -0.4 is 5.32 Å². The van der Waals surface area contributed by atoms with Crippen molar-refractivity contribution in [3.05, 3.63) is 51.5 Å². The summed E-state index contributed by atoms with van der Waals surface area (Å²) in [5, 5.41) is 5.18. The molecule has 3 nitrogen and oxygen atoms in total. The molecule has 0 radical (unpaired) electrons. The third-order valence-electron chi connectivity index (χ3n) is 3.78. The van der Waals surface area contributed by atoms with Crippen molar-refractivity contribution >= 4 is 22.9 Å². The van der Waals surface area contributed by atoms with Crippen LogP contribution in [0, 0.1) is 12.7 Å². The molecule has 1 aromatic carbocycles. The predicted octanol–water partition coefficient (Wildman–Crippen LogP) is 3.19. The number of fused-ring (bicyclic) bond motifs is 1. The van der Waals surface area contributed by atoms with E-state index in [2.05, 4.69) is 16.8 Å². The number of hydrogen-bond acceptors (Lipinski definition) is 3. The Morgan fingerprint density at radius 1 is 1.43 bits per heavy atom. The lowest BCUT2D eigenvalue weighted by molar-refractivity contribution is -0.130. The second kappa shape index (κ2) is 5.85. The SMILES string of the molecule is Cc1cc(F)ccc1NCC(=O)N1CCc2sccc2C1. The van der Waals surface area contributed by atoms with Crippen LogP contribution in [0.1, 0.15) is 16.0 Å². The molecule has 2 heterocycles. The minimum atomic E-state index is -0.259. The molecule has 1 aromatic heterocycles. The molecule has 1 aliphatic heterocycles. The molecule has 3 rings (SSSR count). The summed E-state index contributed by atoms with van der Waals surface area (Å²) >= 11 is 1.76. The molecule has 0 saturated heterocycles. The Kier molecular flexibility index (Phi) is 3.92. The second-order valence-electron chi connectivity index (χ2n) is 5.25. The molecule has 1 aliphatic rings. The summed E-state index contributed by atoms with van der Waals surface area (Å²) in [5.74, 6) is -0.180. The molecule has 110 valence electrons. The molecule has 1 amide bonds. The number of amides is 1. The van der Waals surface area contributed by atoms with Gasteiger partial charge in [0, 0.05) is 23.7 Å². The van der Waals surface area contributed by atoms with Gasteiger partial charge in [0.2, 0.25) is 5.91 Å². The van der Waals surface area contributed by atoms with E-state index in [9.17, 15) is 9.18 Å². The first-order valence-corrected chi connectivity index (χ1v) is 7.84. The Morgan fingerprint density at radius 3 is 3.10 bits per heavy atom. The van der Waals surface area contributed by atoms with Crippen molar-refractivity contribution in [1.29, 1.82) is 0 Å². The van der Waals surface area contributed by atoms with Gasteiger partial charge in [0.05, 0.1) is 6.54 Å². The van der Waals surface area contributed by atoms with Gasteiger partial charge in [-0.15, -0.1) is 11.3 Å². The fourth-order valence-electron chi connectivity index (χ4n) is 2.57. The van der Waals surface area contributed by atoms with Crippen LogP contribution in [0.2, 0.25) is 0 Å². The normalized spacial score (nSPS) is 13.9. The molecule has 0 bridgehead atoms. The Bertz CT molecular complexity index is 668. The maximum Gasteiger partial charge on any atom is 0.242 e. The highest BCUT2D eigenvalue weighted by Gasteiger charge is 2.21. The van der Waals surface area contributed by atoms with Crippen molar-refractivity contribution in [3.8, 4) is 0 Å². The minimum absolute atomic E-state index is 0.0792. The fraction of sp³-hybridized carbons (Fsp3) is 0.312. The highest BCUT2D eigenvalue weighted by molar-refractivity contribution is 7.10. The molecule has 0 fully saturated rings. The monoisotopic (exact) mass is 304 g/mol. The first-order valence-electron chi connectivity index (χ1n) is 6.96. The van der Waals surface area contributed by atoms with Crippen LogP contribution >= 0.6 is 11.3 Å². The van der Waals surface area contributed by atoms with Crippen LogP contribution in [0.5, 0.6) is 0 Å². The maximum absolute atomic E-state index is 13.0. The first-order chi connectivity index (χ1) is 10.1. The van der Waals surface area contributed by atoms with Crippen LogP contribution in [0.15, 0.2) is 29.6 Å². The largest absolute Gasteiger partial charge is 0.376 e. The molecule has 0 atom stereocenters. The Labute approximate surface area is 127 Å². The number of nitrogens with zero attached hydrogens (tertiary/aromatic N) is 1. The number of anilines is 1. The number of carbonyl (C=O) groups is 1. The van der Waals surface area contributed by atoms with Crippen LogP contribution in [0.25, 0.3) is 0 Å². The van der Waals surface area contributed by atoms with Crippen molar-refractivity contribution in [2.45, 2.75) is 19.9 Å². The van der Waals surface area contributed by atoms with Gasteiger partial charge in [-0.25, -0.2) is 4.39 Å². The van der Waals surface area contributed by atoms with E-state index in [4.69, 9.17) is 0 Å². The summed E-state index contributed by atoms with van der Waals surface area (Å²) in [4.78, 5) is 15.5. The van der Waals surface area contributed by atoms with Crippen molar-refractivity contribution < 1.29 is 9.18 Å². The van der Waals surface area contributed by atoms with E-state index in [1.54, 1.807) is 17.4 Å². The Morgan fingerprint density at radius 2 is 2.29 bits per heavy atom. The first kappa shape index (κ1) is 14.1. The van der Waals surface area contributed by atoms with E-state index in [1.807, 2.05) is 11.8 Å². The molecule has 5 heteroatoms. The molecular formula is C16H17FN2OS. The predicted molar refractivity (Wildman–Crippen MR) is 83.1 cm³/mol. The third-order valence-corrected chi connectivity index (χ3v) is 4.80. The quantitative estimate of drug-likeness (QED) is 0.944. The van der Waals surface area contributed by atoms with E-state index in [0.29, 0.717) is 6.54 Å². The van der Waals surface area contributed by atoms with Crippen LogP contribution in [-0.4, -0.2) is 23.9 Å². The van der Waals surface area contributed by atoms with Crippen molar-refractivity contribution in [1.82, 2.24) is 4.90 Å². The average molecular weight is 304 g/mol. The smallest absolute Gasteiger partial charge is 0.242 e. The maximum atomic E-state index is 13.0. The van der Waals surface area contributed by atoms with E-state index >= 15 is 0 Å². The second-order valence-corrected chi connectivity index (χ2v) is 6.25. The number of carbonyl (C=O) groups excluding carboxylic acids is 1. The number of aryl methyl sites for hydroxylation is 1. The number of thiophene rings is 1. The molecule has 0 unspecified atom stereocenters. The summed E-state index contributed by atoms with van der Waals surface area (Å²) in [6.45, 7) is 3.54. The lowest BCUT2D eigenvalue weighted by atomic mass is 10.1. The van der Waals surface area contributed by atoms with Crippen molar-refractivity contribution in [2.75, 3.05) is 18.4 Å². The highest BCUT2D eigenvalue weighted by Crippen LogP contribution is 2.24. The molecule has 2 aromatic rings. The lowest BCUT2D eigenvalue weighted by Crippen LogP contribution is -2.38. The van der Waals surface area contributed by atoms with Gasteiger partial charge in [0.15, 0.2) is 0 Å². The fourth-order valence-corrected chi connectivity index (χ4v) is 3.46. The van der Waals surface area contributed by atoms with Gasteiger partial charge in [-0.1, -0.05) is 0 Å². The van der Waals surface area contributed by atoms with E-state index in [-0.39, 0.29) is 18.3 Å². The number of hydrogen-bond donors (Lipinski definition) is 1. The molecule has 0 saturated carbocycles. The van der Waals surface area contributed by atoms with E-state index < -0.39 is 0 Å². The summed E-state index contributed by atoms with van der Waals surface area (Å²) in [7, 11) is 0. The van der Waals surface area contributed by atoms with Gasteiger partial charge in [-0.2, -0.15) is 0 Å². The summed E-state index contributed by atoms with van der Waals surface area (Å²) in [6.07, 6.45) is 0.939. The molecular weight excluding hydrogens is 287 g/mol. The third kappa shape index (κ3) is 3.08. The van der Waals surface area contributed by atoms with Gasteiger partial charge >= 0.3 is 0 Å². The average Bonchev–Trinajstić information content (AvgIpc) is 2.93. The minimum Gasteiger partial charge on any atom is -0.376 e. The zero-order valence-electron chi connectivity index (χ0n) is 11.9.